The molecule has 0 aliphatic carbocycles. The van der Waals surface area contributed by atoms with Crippen molar-refractivity contribution in [3.05, 3.63) is 82.7 Å². The highest BCUT2D eigenvalue weighted by Gasteiger charge is 2.31. The van der Waals surface area contributed by atoms with Crippen LogP contribution in [0.4, 0.5) is 13.2 Å². The third-order valence-electron chi connectivity index (χ3n) is 5.56. The van der Waals surface area contributed by atoms with E-state index in [1.54, 1.807) is 29.9 Å². The van der Waals surface area contributed by atoms with Crippen molar-refractivity contribution in [1.82, 2.24) is 15.1 Å². The second kappa shape index (κ2) is 10.3. The first-order chi connectivity index (χ1) is 16.7. The summed E-state index contributed by atoms with van der Waals surface area (Å²) >= 11 is 6.42. The number of ether oxygens (including phenoxy) is 1. The number of aliphatic carboxylic acids is 1. The Labute approximate surface area is 212 Å². The summed E-state index contributed by atoms with van der Waals surface area (Å²) in [7, 11) is 1.76. The number of hydrogen-bond acceptors (Lipinski definition) is 4. The second-order valence-corrected chi connectivity index (χ2v) is 9.42. The molecule has 0 aliphatic heterocycles. The fraction of sp³-hybridized carbons (Fsp3) is 0.308. The molecule has 2 aromatic carbocycles. The van der Waals surface area contributed by atoms with Crippen LogP contribution in [-0.4, -0.2) is 26.5 Å². The topological polar surface area (TPSA) is 76.4 Å². The van der Waals surface area contributed by atoms with Gasteiger partial charge in [-0.2, -0.15) is 18.3 Å². The van der Waals surface area contributed by atoms with E-state index in [0.717, 1.165) is 23.4 Å². The standard InChI is InChI=1S/C26H27ClF3N3O3/c1-15(2)31-21(17-8-11-23(20(27)12-17)36-25(3,4)24(34)35)13-19-14-22(32-33(19)5)16-6-9-18(10-7-16)26(28,29)30/h6-12,14,21,31H,1,13H2,2-5H3,(H,34,35). The molecule has 3 rings (SSSR count). The number of nitrogens with one attached hydrogen (secondary N) is 1. The SMILES string of the molecule is C=C(C)NC(Cc1cc(-c2ccc(C(F)(F)F)cc2)nn1C)c1ccc(OC(C)(C)C(=O)O)c(Cl)c1. The van der Waals surface area contributed by atoms with E-state index in [9.17, 15) is 23.1 Å². The van der Waals surface area contributed by atoms with Gasteiger partial charge in [-0.3, -0.25) is 4.68 Å². The zero-order valence-corrected chi connectivity index (χ0v) is 21.0. The van der Waals surface area contributed by atoms with Gasteiger partial charge in [-0.05, 0) is 56.7 Å². The van der Waals surface area contributed by atoms with Crippen LogP contribution < -0.4 is 10.1 Å². The van der Waals surface area contributed by atoms with Gasteiger partial charge >= 0.3 is 12.1 Å². The minimum Gasteiger partial charge on any atom is -0.478 e. The highest BCUT2D eigenvalue weighted by molar-refractivity contribution is 6.32. The molecule has 2 N–H and O–H groups in total. The van der Waals surface area contributed by atoms with Crippen LogP contribution in [0.1, 0.15) is 43.6 Å². The lowest BCUT2D eigenvalue weighted by molar-refractivity contribution is -0.152. The lowest BCUT2D eigenvalue weighted by Gasteiger charge is -2.24. The number of nitrogens with zero attached hydrogens (tertiary/aromatic N) is 2. The summed E-state index contributed by atoms with van der Waals surface area (Å²) < 4.78 is 45.9. The first kappa shape index (κ1) is 27.1. The lowest BCUT2D eigenvalue weighted by atomic mass is 10.0. The fourth-order valence-corrected chi connectivity index (χ4v) is 3.79. The van der Waals surface area contributed by atoms with E-state index in [2.05, 4.69) is 17.0 Å². The summed E-state index contributed by atoms with van der Waals surface area (Å²) in [4.78, 5) is 11.4. The van der Waals surface area contributed by atoms with Gasteiger partial charge in [-0.25, -0.2) is 4.79 Å². The maximum absolute atomic E-state index is 12.9. The average molecular weight is 522 g/mol. The molecule has 0 radical (unpaired) electrons. The van der Waals surface area contributed by atoms with Crippen LogP contribution in [0.15, 0.2) is 60.8 Å². The van der Waals surface area contributed by atoms with Crippen LogP contribution in [0, 0.1) is 0 Å². The highest BCUT2D eigenvalue weighted by Crippen LogP contribution is 2.33. The molecule has 3 aromatic rings. The maximum atomic E-state index is 12.9. The minimum absolute atomic E-state index is 0.243. The summed E-state index contributed by atoms with van der Waals surface area (Å²) in [6.45, 7) is 8.61. The van der Waals surface area contributed by atoms with Crippen molar-refractivity contribution in [2.75, 3.05) is 0 Å². The van der Waals surface area contributed by atoms with Crippen molar-refractivity contribution in [2.24, 2.45) is 7.05 Å². The summed E-state index contributed by atoms with van der Waals surface area (Å²) in [5.41, 5.74) is 1.29. The molecule has 0 saturated heterocycles. The largest absolute Gasteiger partial charge is 0.478 e. The van der Waals surface area contributed by atoms with E-state index in [4.69, 9.17) is 16.3 Å². The summed E-state index contributed by atoms with van der Waals surface area (Å²) in [5, 5.41) is 17.3. The van der Waals surface area contributed by atoms with Crippen LogP contribution in [0.25, 0.3) is 11.3 Å². The zero-order chi connectivity index (χ0) is 26.8. The van der Waals surface area contributed by atoms with E-state index in [1.807, 2.05) is 13.0 Å². The first-order valence-corrected chi connectivity index (χ1v) is 11.4. The van der Waals surface area contributed by atoms with Gasteiger partial charge in [0.05, 0.1) is 22.3 Å². The monoisotopic (exact) mass is 521 g/mol. The van der Waals surface area contributed by atoms with E-state index in [1.165, 1.54) is 26.0 Å². The summed E-state index contributed by atoms with van der Waals surface area (Å²) in [5.74, 6) is -0.878. The Balaban J connectivity index is 1.87. The highest BCUT2D eigenvalue weighted by atomic mass is 35.5. The van der Waals surface area contributed by atoms with Crippen LogP contribution in [-0.2, 0) is 24.4 Å². The van der Waals surface area contributed by atoms with Crippen LogP contribution >= 0.6 is 11.6 Å². The Morgan fingerprint density at radius 2 is 1.83 bits per heavy atom. The number of carboxylic acids is 1. The predicted octanol–water partition coefficient (Wildman–Crippen LogP) is 6.41. The Kier molecular flexibility index (Phi) is 7.73. The number of rotatable bonds is 9. The number of aromatic nitrogens is 2. The maximum Gasteiger partial charge on any atom is 0.416 e. The molecule has 0 spiro atoms. The van der Waals surface area contributed by atoms with Crippen molar-refractivity contribution in [2.45, 2.75) is 45.0 Å². The lowest BCUT2D eigenvalue weighted by Crippen LogP contribution is -2.38. The Morgan fingerprint density at radius 3 is 2.36 bits per heavy atom. The zero-order valence-electron chi connectivity index (χ0n) is 20.3. The number of carboxylic acid groups (broad SMARTS) is 1. The third-order valence-corrected chi connectivity index (χ3v) is 5.85. The van der Waals surface area contributed by atoms with Crippen molar-refractivity contribution in [3.63, 3.8) is 0 Å². The molecule has 0 aliphatic rings. The van der Waals surface area contributed by atoms with Gasteiger partial charge in [-0.15, -0.1) is 0 Å². The van der Waals surface area contributed by atoms with Crippen LogP contribution in [0.3, 0.4) is 0 Å². The number of alkyl halides is 3. The molecule has 0 saturated carbocycles. The molecule has 10 heteroatoms. The van der Waals surface area contributed by atoms with Gasteiger partial charge in [0.1, 0.15) is 5.75 Å². The first-order valence-electron chi connectivity index (χ1n) is 11.0. The van der Waals surface area contributed by atoms with Crippen molar-refractivity contribution in [1.29, 1.82) is 0 Å². The number of halogens is 4. The smallest absolute Gasteiger partial charge is 0.416 e. The van der Waals surface area contributed by atoms with Gasteiger partial charge in [0.15, 0.2) is 5.60 Å². The third kappa shape index (κ3) is 6.40. The van der Waals surface area contributed by atoms with Gasteiger partial charge in [-0.1, -0.05) is 36.4 Å². The minimum atomic E-state index is -4.40. The molecule has 0 fully saturated rings. The fourth-order valence-electron chi connectivity index (χ4n) is 3.56. The predicted molar refractivity (Wildman–Crippen MR) is 132 cm³/mol. The molecular weight excluding hydrogens is 495 g/mol. The molecule has 192 valence electrons. The molecule has 36 heavy (non-hydrogen) atoms. The molecule has 1 unspecified atom stereocenters. The van der Waals surface area contributed by atoms with Crippen molar-refractivity contribution in [3.8, 4) is 17.0 Å². The summed E-state index contributed by atoms with van der Waals surface area (Å²) in [6.07, 6.45) is -3.94. The van der Waals surface area contributed by atoms with Crippen molar-refractivity contribution < 1.29 is 27.8 Å². The van der Waals surface area contributed by atoms with Crippen molar-refractivity contribution >= 4 is 17.6 Å². The molecule has 0 bridgehead atoms. The Morgan fingerprint density at radius 1 is 1.19 bits per heavy atom. The van der Waals surface area contributed by atoms with E-state index >= 15 is 0 Å². The molecular formula is C26H27ClF3N3O3. The summed E-state index contributed by atoms with van der Waals surface area (Å²) in [6, 6.07) is 11.5. The normalized spacial score (nSPS) is 12.8. The Hall–Kier alpha value is -3.46. The molecule has 1 aromatic heterocycles. The number of hydrogen-bond donors (Lipinski definition) is 2. The van der Waals surface area contributed by atoms with Crippen LogP contribution in [0.5, 0.6) is 5.75 Å². The molecule has 1 heterocycles. The number of allylic oxidation sites excluding steroid dienone is 1. The quantitative estimate of drug-likeness (QED) is 0.340. The molecule has 6 nitrogen and oxygen atoms in total. The van der Waals surface area contributed by atoms with E-state index in [-0.39, 0.29) is 16.8 Å². The molecule has 1 atom stereocenters. The second-order valence-electron chi connectivity index (χ2n) is 9.01. The van der Waals surface area contributed by atoms with Gasteiger partial charge in [0.2, 0.25) is 0 Å². The van der Waals surface area contributed by atoms with Gasteiger partial charge in [0.25, 0.3) is 0 Å². The van der Waals surface area contributed by atoms with Gasteiger partial charge in [0, 0.05) is 30.4 Å². The average Bonchev–Trinajstić information content (AvgIpc) is 3.14. The van der Waals surface area contributed by atoms with Gasteiger partial charge < -0.3 is 15.2 Å². The number of carbonyl (C=O) groups is 1. The van der Waals surface area contributed by atoms with E-state index < -0.39 is 23.3 Å². The Bertz CT molecular complexity index is 1270. The molecule has 0 amide bonds. The van der Waals surface area contributed by atoms with E-state index in [0.29, 0.717) is 23.4 Å². The number of aryl methyl sites for hydroxylation is 1. The van der Waals surface area contributed by atoms with Crippen LogP contribution in [0.2, 0.25) is 5.02 Å². The number of benzene rings is 2.